The number of anilines is 1. The lowest BCUT2D eigenvalue weighted by molar-refractivity contribution is -0.184. The molecule has 4 rings (SSSR count). The Balaban J connectivity index is 1.48. The van der Waals surface area contributed by atoms with Gasteiger partial charge in [-0.25, -0.2) is 4.98 Å². The minimum atomic E-state index is -1.02. The largest absolute Gasteiger partial charge is 0.497 e. The third-order valence-corrected chi connectivity index (χ3v) is 6.46. The van der Waals surface area contributed by atoms with Crippen LogP contribution in [0.1, 0.15) is 12.5 Å². The average molecular weight is 474 g/mol. The number of hydrogen-bond acceptors (Lipinski definition) is 6. The topological polar surface area (TPSA) is 74.6 Å². The number of thioether (sulfide) groups is 1. The first kappa shape index (κ1) is 22.7. The molecule has 0 unspecified atom stereocenters. The zero-order valence-corrected chi connectivity index (χ0v) is 19.4. The number of ether oxygens (including phenoxy) is 3. The molecule has 168 valence electrons. The van der Waals surface area contributed by atoms with Crippen LogP contribution in [0.4, 0.5) is 5.69 Å². The molecule has 2 atom stereocenters. The van der Waals surface area contributed by atoms with Crippen molar-refractivity contribution >= 4 is 35.0 Å². The highest BCUT2D eigenvalue weighted by Crippen LogP contribution is 2.41. The fourth-order valence-corrected chi connectivity index (χ4v) is 4.72. The smallest absolute Gasteiger partial charge is 0.221 e. The summed E-state index contributed by atoms with van der Waals surface area (Å²) in [6, 6.07) is 13.2. The van der Waals surface area contributed by atoms with Crippen LogP contribution in [-0.2, 0) is 26.6 Å². The zero-order chi connectivity index (χ0) is 22.6. The molecule has 1 N–H and O–H groups in total. The van der Waals surface area contributed by atoms with E-state index in [-0.39, 0.29) is 12.0 Å². The maximum absolute atomic E-state index is 11.2. The molecule has 2 heterocycles. The predicted molar refractivity (Wildman–Crippen MR) is 124 cm³/mol. The van der Waals surface area contributed by atoms with Gasteiger partial charge in [-0.1, -0.05) is 11.6 Å². The van der Waals surface area contributed by atoms with Crippen molar-refractivity contribution in [1.82, 2.24) is 9.55 Å². The van der Waals surface area contributed by atoms with Crippen molar-refractivity contribution in [2.75, 3.05) is 24.8 Å². The summed E-state index contributed by atoms with van der Waals surface area (Å²) >= 11 is 8.26. The van der Waals surface area contributed by atoms with Crippen LogP contribution in [0.3, 0.4) is 0 Å². The van der Waals surface area contributed by atoms with Crippen LogP contribution in [0.5, 0.6) is 5.75 Å². The van der Waals surface area contributed by atoms with Crippen LogP contribution in [0.2, 0.25) is 5.02 Å². The van der Waals surface area contributed by atoms with Gasteiger partial charge >= 0.3 is 0 Å². The molecule has 1 aliphatic rings. The number of benzene rings is 2. The van der Waals surface area contributed by atoms with Gasteiger partial charge < -0.3 is 24.1 Å². The first-order valence-corrected chi connectivity index (χ1v) is 11.5. The Bertz CT molecular complexity index is 1060. The van der Waals surface area contributed by atoms with E-state index in [1.54, 1.807) is 37.5 Å². The van der Waals surface area contributed by atoms with Crippen molar-refractivity contribution in [3.05, 3.63) is 71.8 Å². The van der Waals surface area contributed by atoms with Gasteiger partial charge in [0.05, 0.1) is 37.7 Å². The number of rotatable bonds is 8. The molecule has 0 aliphatic carbocycles. The van der Waals surface area contributed by atoms with Gasteiger partial charge in [-0.2, -0.15) is 0 Å². The monoisotopic (exact) mass is 473 g/mol. The summed E-state index contributed by atoms with van der Waals surface area (Å²) in [6.45, 7) is 2.35. The van der Waals surface area contributed by atoms with Gasteiger partial charge in [-0.3, -0.25) is 4.79 Å². The molecule has 1 fully saturated rings. The second kappa shape index (κ2) is 9.95. The first-order valence-electron chi connectivity index (χ1n) is 10.1. The predicted octanol–water partition coefficient (Wildman–Crippen LogP) is 4.56. The van der Waals surface area contributed by atoms with E-state index in [0.29, 0.717) is 29.7 Å². The second-order valence-electron chi connectivity index (χ2n) is 7.40. The molecule has 3 aromatic rings. The lowest BCUT2D eigenvalue weighted by Gasteiger charge is -2.30. The van der Waals surface area contributed by atoms with Crippen molar-refractivity contribution < 1.29 is 19.0 Å². The molecule has 1 saturated heterocycles. The molecule has 7 nitrogen and oxygen atoms in total. The van der Waals surface area contributed by atoms with Gasteiger partial charge in [0, 0.05) is 41.2 Å². The fourth-order valence-electron chi connectivity index (χ4n) is 3.54. The van der Waals surface area contributed by atoms with Crippen LogP contribution in [0.15, 0.2) is 66.1 Å². The molecule has 1 aliphatic heterocycles. The number of amides is 1. The molecule has 0 saturated carbocycles. The normalized spacial score (nSPS) is 20.3. The third kappa shape index (κ3) is 5.27. The van der Waals surface area contributed by atoms with E-state index in [2.05, 4.69) is 10.3 Å². The zero-order valence-electron chi connectivity index (χ0n) is 17.8. The second-order valence-corrected chi connectivity index (χ2v) is 8.90. The number of hydrogen-bond donors (Lipinski definition) is 1. The number of methoxy groups -OCH3 is 1. The Morgan fingerprint density at radius 3 is 2.81 bits per heavy atom. The van der Waals surface area contributed by atoms with Gasteiger partial charge in [-0.05, 0) is 42.5 Å². The Hall–Kier alpha value is -2.52. The molecule has 1 aromatic heterocycles. The summed E-state index contributed by atoms with van der Waals surface area (Å²) in [6.07, 6.45) is 5.18. The van der Waals surface area contributed by atoms with E-state index in [1.165, 1.54) is 6.92 Å². The Morgan fingerprint density at radius 1 is 1.34 bits per heavy atom. The van der Waals surface area contributed by atoms with Gasteiger partial charge in [0.15, 0.2) is 0 Å². The van der Waals surface area contributed by atoms with Crippen molar-refractivity contribution in [3.8, 4) is 5.75 Å². The number of nitrogens with one attached hydrogen (secondary N) is 1. The van der Waals surface area contributed by atoms with Crippen LogP contribution in [0.25, 0.3) is 0 Å². The van der Waals surface area contributed by atoms with E-state index in [9.17, 15) is 4.79 Å². The summed E-state index contributed by atoms with van der Waals surface area (Å²) < 4.78 is 19.9. The maximum atomic E-state index is 11.2. The number of halogens is 1. The van der Waals surface area contributed by atoms with Crippen LogP contribution in [-0.4, -0.2) is 41.0 Å². The molecular formula is C23H24ClN3O4S. The van der Waals surface area contributed by atoms with E-state index in [4.69, 9.17) is 25.8 Å². The van der Waals surface area contributed by atoms with Crippen molar-refractivity contribution in [2.45, 2.75) is 30.3 Å². The highest BCUT2D eigenvalue weighted by Gasteiger charge is 2.45. The van der Waals surface area contributed by atoms with Gasteiger partial charge in [0.1, 0.15) is 5.75 Å². The Labute approximate surface area is 196 Å². The fraction of sp³-hybridized carbons (Fsp3) is 0.304. The lowest BCUT2D eigenvalue weighted by Crippen LogP contribution is -2.34. The quantitative estimate of drug-likeness (QED) is 0.483. The van der Waals surface area contributed by atoms with E-state index >= 15 is 0 Å². The number of aromatic nitrogens is 2. The van der Waals surface area contributed by atoms with Crippen LogP contribution < -0.4 is 10.1 Å². The number of carbonyl (C=O) groups is 1. The highest BCUT2D eigenvalue weighted by atomic mass is 35.5. The molecule has 1 amide bonds. The van der Waals surface area contributed by atoms with E-state index < -0.39 is 5.79 Å². The minimum Gasteiger partial charge on any atom is -0.497 e. The van der Waals surface area contributed by atoms with E-state index in [1.807, 2.05) is 47.2 Å². The van der Waals surface area contributed by atoms with Crippen LogP contribution in [0, 0.1) is 0 Å². The summed E-state index contributed by atoms with van der Waals surface area (Å²) in [5, 5.41) is 3.29. The van der Waals surface area contributed by atoms with Crippen molar-refractivity contribution in [2.24, 2.45) is 0 Å². The van der Waals surface area contributed by atoms with Gasteiger partial charge in [0.25, 0.3) is 0 Å². The van der Waals surface area contributed by atoms with Gasteiger partial charge in [0.2, 0.25) is 11.7 Å². The minimum absolute atomic E-state index is 0.0895. The number of nitrogens with zero attached hydrogens (tertiary/aromatic N) is 2. The number of carbonyl (C=O) groups excluding carboxylic acids is 1. The van der Waals surface area contributed by atoms with Crippen molar-refractivity contribution in [3.63, 3.8) is 0 Å². The van der Waals surface area contributed by atoms with Crippen LogP contribution >= 0.6 is 23.4 Å². The molecule has 32 heavy (non-hydrogen) atoms. The molecule has 2 aromatic carbocycles. The standard InChI is InChI=1S/C23H24ClN3O4S/c1-16(28)26-17-3-6-20(7-4-17)32-13-19-12-30-23(31-19,14-27-10-9-25-15-27)21-8-5-18(29-2)11-22(21)24/h3-11,15,19H,12-14H2,1-2H3,(H,26,28)/t19-,23+/m0/s1. The molecule has 0 radical (unpaired) electrons. The Kier molecular flexibility index (Phi) is 7.05. The summed E-state index contributed by atoms with van der Waals surface area (Å²) in [4.78, 5) is 16.4. The average Bonchev–Trinajstić information content (AvgIpc) is 3.43. The molecule has 9 heteroatoms. The molecular weight excluding hydrogens is 450 g/mol. The molecule has 0 spiro atoms. The SMILES string of the molecule is COc1ccc([C@]2(Cn3ccnc3)OC[C@@H](CSc3ccc(NC(C)=O)cc3)O2)c(Cl)c1. The Morgan fingerprint density at radius 2 is 2.16 bits per heavy atom. The maximum Gasteiger partial charge on any atom is 0.221 e. The number of imidazole rings is 1. The summed E-state index contributed by atoms with van der Waals surface area (Å²) in [5.41, 5.74) is 1.52. The first-order chi connectivity index (χ1) is 15.5. The third-order valence-electron chi connectivity index (χ3n) is 5.01. The molecule has 0 bridgehead atoms. The highest BCUT2D eigenvalue weighted by molar-refractivity contribution is 7.99. The van der Waals surface area contributed by atoms with Gasteiger partial charge in [-0.15, -0.1) is 11.8 Å². The lowest BCUT2D eigenvalue weighted by atomic mass is 10.1. The van der Waals surface area contributed by atoms with E-state index in [0.717, 1.165) is 16.1 Å². The summed E-state index contributed by atoms with van der Waals surface area (Å²) in [5.74, 6) is 0.265. The van der Waals surface area contributed by atoms with Crippen molar-refractivity contribution in [1.29, 1.82) is 0 Å². The summed E-state index contributed by atoms with van der Waals surface area (Å²) in [7, 11) is 1.60.